The van der Waals surface area contributed by atoms with Gasteiger partial charge in [-0.05, 0) is 32.1 Å². The third-order valence-electron chi connectivity index (χ3n) is 4.19. The van der Waals surface area contributed by atoms with Gasteiger partial charge in [0.2, 0.25) is 0 Å². The van der Waals surface area contributed by atoms with E-state index in [-0.39, 0.29) is 0 Å². The summed E-state index contributed by atoms with van der Waals surface area (Å²) in [5.74, 6) is 0. The number of hydrogen-bond donors (Lipinski definition) is 1. The number of nitrogens with zero attached hydrogens (tertiary/aromatic N) is 2. The number of aromatic nitrogens is 2. The third kappa shape index (κ3) is 2.32. The zero-order valence-corrected chi connectivity index (χ0v) is 11.8. The lowest BCUT2D eigenvalue weighted by atomic mass is 9.82. The van der Waals surface area contributed by atoms with E-state index in [0.29, 0.717) is 10.5 Å². The molecule has 2 saturated heterocycles. The van der Waals surface area contributed by atoms with Crippen molar-refractivity contribution < 1.29 is 5.11 Å². The quantitative estimate of drug-likeness (QED) is 0.914. The molecular formula is C14H22N2OS. The number of aryl methyl sites for hydroxylation is 1. The maximum atomic E-state index is 11.0. The monoisotopic (exact) mass is 266 g/mol. The molecule has 0 amide bonds. The summed E-state index contributed by atoms with van der Waals surface area (Å²) in [4.78, 5) is 0. The summed E-state index contributed by atoms with van der Waals surface area (Å²) in [5.41, 5.74) is 0.417. The van der Waals surface area contributed by atoms with Gasteiger partial charge in [-0.25, -0.2) is 0 Å². The van der Waals surface area contributed by atoms with E-state index >= 15 is 0 Å². The molecule has 0 radical (unpaired) electrons. The van der Waals surface area contributed by atoms with E-state index < -0.39 is 5.60 Å². The summed E-state index contributed by atoms with van der Waals surface area (Å²) < 4.78 is 1.96. The van der Waals surface area contributed by atoms with E-state index in [4.69, 9.17) is 0 Å². The van der Waals surface area contributed by atoms with Gasteiger partial charge in [-0.3, -0.25) is 4.68 Å². The van der Waals surface area contributed by atoms with E-state index in [1.807, 2.05) is 10.9 Å². The molecule has 100 valence electrons. The van der Waals surface area contributed by atoms with Gasteiger partial charge in [0.25, 0.3) is 0 Å². The van der Waals surface area contributed by atoms with Crippen molar-refractivity contribution in [3.63, 3.8) is 0 Å². The Hall–Kier alpha value is -0.480. The summed E-state index contributed by atoms with van der Waals surface area (Å²) in [5, 5.41) is 16.6. The second-order valence-electron chi connectivity index (χ2n) is 5.74. The lowest BCUT2D eigenvalue weighted by Crippen LogP contribution is -2.40. The van der Waals surface area contributed by atoms with Crippen molar-refractivity contribution in [2.75, 3.05) is 0 Å². The summed E-state index contributed by atoms with van der Waals surface area (Å²) >= 11 is 2.10. The smallest absolute Gasteiger partial charge is 0.0947 e. The summed E-state index contributed by atoms with van der Waals surface area (Å²) in [6, 6.07) is 0. The Labute approximate surface area is 113 Å². The van der Waals surface area contributed by atoms with Gasteiger partial charge in [0.1, 0.15) is 0 Å². The Kier molecular flexibility index (Phi) is 3.41. The molecule has 2 atom stereocenters. The molecule has 2 aliphatic heterocycles. The first-order valence-corrected chi connectivity index (χ1v) is 8.05. The highest BCUT2D eigenvalue weighted by Crippen LogP contribution is 2.49. The van der Waals surface area contributed by atoms with Crippen molar-refractivity contribution in [3.8, 4) is 0 Å². The Bertz CT molecular complexity index is 406. The van der Waals surface area contributed by atoms with Crippen LogP contribution in [0.1, 0.15) is 51.0 Å². The van der Waals surface area contributed by atoms with Crippen LogP contribution in [0.3, 0.4) is 0 Å². The van der Waals surface area contributed by atoms with E-state index in [2.05, 4.69) is 30.0 Å². The zero-order valence-electron chi connectivity index (χ0n) is 11.0. The minimum absolute atomic E-state index is 0.618. The van der Waals surface area contributed by atoms with E-state index in [0.717, 1.165) is 31.4 Å². The molecule has 3 rings (SSSR count). The molecular weight excluding hydrogens is 244 g/mol. The fourth-order valence-corrected chi connectivity index (χ4v) is 5.20. The van der Waals surface area contributed by atoms with E-state index in [1.54, 1.807) is 0 Å². The van der Waals surface area contributed by atoms with Crippen LogP contribution >= 0.6 is 11.8 Å². The number of hydrogen-bond acceptors (Lipinski definition) is 3. The van der Waals surface area contributed by atoms with Gasteiger partial charge in [-0.2, -0.15) is 16.9 Å². The van der Waals surface area contributed by atoms with Crippen LogP contribution in [0, 0.1) is 0 Å². The highest BCUT2D eigenvalue weighted by molar-refractivity contribution is 8.00. The average molecular weight is 266 g/mol. The van der Waals surface area contributed by atoms with Gasteiger partial charge >= 0.3 is 0 Å². The van der Waals surface area contributed by atoms with Crippen molar-refractivity contribution >= 4 is 11.8 Å². The van der Waals surface area contributed by atoms with Crippen LogP contribution in [-0.2, 0) is 12.1 Å². The van der Waals surface area contributed by atoms with E-state index in [9.17, 15) is 5.11 Å². The molecule has 2 bridgehead atoms. The van der Waals surface area contributed by atoms with Gasteiger partial charge in [0.05, 0.1) is 11.8 Å². The molecule has 1 aromatic rings. The summed E-state index contributed by atoms with van der Waals surface area (Å²) in [6.45, 7) is 3.09. The number of aliphatic hydroxyl groups is 1. The van der Waals surface area contributed by atoms with E-state index in [1.165, 1.54) is 19.3 Å². The Morgan fingerprint density at radius 1 is 1.44 bits per heavy atom. The van der Waals surface area contributed by atoms with Gasteiger partial charge in [-0.15, -0.1) is 0 Å². The molecule has 3 nitrogen and oxygen atoms in total. The molecule has 0 aliphatic carbocycles. The predicted octanol–water partition coefficient (Wildman–Crippen LogP) is 2.93. The maximum absolute atomic E-state index is 11.0. The second-order valence-corrected chi connectivity index (χ2v) is 7.35. The number of rotatable bonds is 3. The summed E-state index contributed by atoms with van der Waals surface area (Å²) in [7, 11) is 0. The molecule has 3 heterocycles. The highest BCUT2D eigenvalue weighted by atomic mass is 32.2. The molecule has 2 fully saturated rings. The minimum atomic E-state index is -0.618. The molecule has 0 saturated carbocycles. The first kappa shape index (κ1) is 12.5. The molecule has 4 heteroatoms. The van der Waals surface area contributed by atoms with Gasteiger partial charge < -0.3 is 5.11 Å². The molecule has 18 heavy (non-hydrogen) atoms. The molecule has 1 aromatic heterocycles. The third-order valence-corrected chi connectivity index (χ3v) is 5.77. The fourth-order valence-electron chi connectivity index (χ4n) is 3.31. The Balaban J connectivity index is 1.80. The molecule has 1 N–H and O–H groups in total. The van der Waals surface area contributed by atoms with Gasteiger partial charge in [-0.1, -0.05) is 13.3 Å². The molecule has 2 aliphatic rings. The van der Waals surface area contributed by atoms with Crippen LogP contribution in [0.15, 0.2) is 12.4 Å². The van der Waals surface area contributed by atoms with Crippen LogP contribution in [-0.4, -0.2) is 25.4 Å². The Morgan fingerprint density at radius 2 is 2.17 bits per heavy atom. The topological polar surface area (TPSA) is 38.0 Å². The highest BCUT2D eigenvalue weighted by Gasteiger charge is 2.43. The minimum Gasteiger partial charge on any atom is -0.385 e. The largest absolute Gasteiger partial charge is 0.385 e. The van der Waals surface area contributed by atoms with Crippen LogP contribution in [0.4, 0.5) is 0 Å². The first-order chi connectivity index (χ1) is 8.69. The predicted molar refractivity (Wildman–Crippen MR) is 74.7 cm³/mol. The number of thioether (sulfide) groups is 1. The van der Waals surface area contributed by atoms with Crippen LogP contribution in [0.5, 0.6) is 0 Å². The van der Waals surface area contributed by atoms with Gasteiger partial charge in [0.15, 0.2) is 0 Å². The normalized spacial score (nSPS) is 35.7. The van der Waals surface area contributed by atoms with Crippen LogP contribution in [0.25, 0.3) is 0 Å². The lowest BCUT2D eigenvalue weighted by molar-refractivity contribution is 0.00804. The standard InChI is InChI=1S/C14H22N2OS/c1-2-6-16-10-11(9-15-16)14(17)7-12-4-3-5-13(8-14)18-12/h9-10,12-13,17H,2-8H2,1H3. The SMILES string of the molecule is CCCn1cc(C2(O)CC3CCCC(C2)S3)cn1. The maximum Gasteiger partial charge on any atom is 0.0947 e. The Morgan fingerprint density at radius 3 is 2.83 bits per heavy atom. The molecule has 0 aromatic carbocycles. The van der Waals surface area contributed by atoms with Crippen molar-refractivity contribution in [3.05, 3.63) is 18.0 Å². The van der Waals surface area contributed by atoms with Crippen molar-refractivity contribution in [1.29, 1.82) is 0 Å². The second kappa shape index (κ2) is 4.89. The fraction of sp³-hybridized carbons (Fsp3) is 0.786. The summed E-state index contributed by atoms with van der Waals surface area (Å²) in [6.07, 6.45) is 10.7. The van der Waals surface area contributed by atoms with Crippen molar-refractivity contribution in [2.45, 2.75) is 68.1 Å². The average Bonchev–Trinajstić information content (AvgIpc) is 2.78. The first-order valence-electron chi connectivity index (χ1n) is 7.10. The van der Waals surface area contributed by atoms with Crippen molar-refractivity contribution in [2.24, 2.45) is 0 Å². The van der Waals surface area contributed by atoms with Crippen LogP contribution in [0.2, 0.25) is 0 Å². The number of fused-ring (bicyclic) bond motifs is 2. The zero-order chi connectivity index (χ0) is 12.6. The molecule has 2 unspecified atom stereocenters. The van der Waals surface area contributed by atoms with Crippen molar-refractivity contribution in [1.82, 2.24) is 9.78 Å². The molecule has 0 spiro atoms. The van der Waals surface area contributed by atoms with Crippen LogP contribution < -0.4 is 0 Å². The lowest BCUT2D eigenvalue weighted by Gasteiger charge is -2.43. The van der Waals surface area contributed by atoms with Gasteiger partial charge in [0, 0.05) is 28.8 Å².